The SMILES string of the molecule is O=C1CC[S+](c2ccc(-n3c4ccccc4c4ccccc43)cc2)CC1. The lowest BCUT2D eigenvalue weighted by Gasteiger charge is -2.13. The fraction of sp³-hybridized carbons (Fsp3) is 0.174. The molecule has 0 bridgehead atoms. The Labute approximate surface area is 155 Å². The monoisotopic (exact) mass is 358 g/mol. The number of benzene rings is 3. The normalized spacial score (nSPS) is 15.8. The van der Waals surface area contributed by atoms with Gasteiger partial charge in [0.1, 0.15) is 17.3 Å². The van der Waals surface area contributed by atoms with E-state index in [9.17, 15) is 4.79 Å². The van der Waals surface area contributed by atoms with E-state index in [2.05, 4.69) is 77.4 Å². The summed E-state index contributed by atoms with van der Waals surface area (Å²) in [5.74, 6) is 2.47. The highest BCUT2D eigenvalue weighted by Crippen LogP contribution is 2.32. The van der Waals surface area contributed by atoms with Gasteiger partial charge in [-0.05, 0) is 36.4 Å². The number of aromatic nitrogens is 1. The predicted molar refractivity (Wildman–Crippen MR) is 110 cm³/mol. The summed E-state index contributed by atoms with van der Waals surface area (Å²) in [6.45, 7) is 0. The lowest BCUT2D eigenvalue weighted by atomic mass is 10.2. The van der Waals surface area contributed by atoms with Gasteiger partial charge in [-0.2, -0.15) is 0 Å². The first-order valence-electron chi connectivity index (χ1n) is 9.09. The molecule has 1 aromatic heterocycles. The van der Waals surface area contributed by atoms with Gasteiger partial charge in [-0.25, -0.2) is 0 Å². The smallest absolute Gasteiger partial charge is 0.155 e. The Morgan fingerprint density at radius 1 is 0.692 bits per heavy atom. The molecule has 0 saturated carbocycles. The molecule has 128 valence electrons. The molecule has 0 aliphatic carbocycles. The number of carbonyl (C=O) groups is 1. The minimum atomic E-state index is 0.232. The van der Waals surface area contributed by atoms with E-state index in [1.54, 1.807) is 0 Å². The van der Waals surface area contributed by atoms with Crippen LogP contribution in [0.15, 0.2) is 77.7 Å². The lowest BCUT2D eigenvalue weighted by molar-refractivity contribution is -0.118. The van der Waals surface area contributed by atoms with Crippen molar-refractivity contribution in [2.24, 2.45) is 0 Å². The summed E-state index contributed by atoms with van der Waals surface area (Å²) >= 11 is 0. The number of carbonyl (C=O) groups excluding carboxylic acids is 1. The summed E-state index contributed by atoms with van der Waals surface area (Å²) in [5.41, 5.74) is 3.68. The molecule has 0 amide bonds. The Bertz CT molecular complexity index is 1050. The number of hydrogen-bond donors (Lipinski definition) is 0. The van der Waals surface area contributed by atoms with Gasteiger partial charge in [0.25, 0.3) is 0 Å². The molecule has 1 aliphatic heterocycles. The van der Waals surface area contributed by atoms with Crippen LogP contribution in [-0.2, 0) is 15.7 Å². The summed E-state index contributed by atoms with van der Waals surface area (Å²) < 4.78 is 2.35. The molecule has 5 rings (SSSR count). The maximum Gasteiger partial charge on any atom is 0.155 e. The zero-order valence-corrected chi connectivity index (χ0v) is 15.3. The molecule has 3 aromatic carbocycles. The molecule has 4 aromatic rings. The van der Waals surface area contributed by atoms with E-state index >= 15 is 0 Å². The fourth-order valence-electron chi connectivity index (χ4n) is 3.93. The Kier molecular flexibility index (Phi) is 3.83. The van der Waals surface area contributed by atoms with Crippen LogP contribution in [0, 0.1) is 0 Å². The summed E-state index contributed by atoms with van der Waals surface area (Å²) in [4.78, 5) is 12.9. The number of nitrogens with zero attached hydrogens (tertiary/aromatic N) is 1. The minimum absolute atomic E-state index is 0.232. The molecule has 1 saturated heterocycles. The molecule has 0 spiro atoms. The molecule has 0 atom stereocenters. The number of para-hydroxylation sites is 2. The van der Waals surface area contributed by atoms with Crippen molar-refractivity contribution in [3.05, 3.63) is 72.8 Å². The topological polar surface area (TPSA) is 22.0 Å². The average molecular weight is 358 g/mol. The average Bonchev–Trinajstić information content (AvgIpc) is 3.03. The second-order valence-electron chi connectivity index (χ2n) is 6.80. The van der Waals surface area contributed by atoms with Crippen LogP contribution < -0.4 is 0 Å². The first kappa shape index (κ1) is 15.7. The van der Waals surface area contributed by atoms with E-state index in [0.29, 0.717) is 5.78 Å². The molecule has 2 heterocycles. The minimum Gasteiger partial charge on any atom is -0.309 e. The van der Waals surface area contributed by atoms with Crippen LogP contribution in [0.3, 0.4) is 0 Å². The van der Waals surface area contributed by atoms with Crippen molar-refractivity contribution in [1.29, 1.82) is 0 Å². The predicted octanol–water partition coefficient (Wildman–Crippen LogP) is 5.12. The molecule has 26 heavy (non-hydrogen) atoms. The van der Waals surface area contributed by atoms with Gasteiger partial charge in [0, 0.05) is 27.4 Å². The van der Waals surface area contributed by atoms with Crippen LogP contribution in [0.2, 0.25) is 0 Å². The van der Waals surface area contributed by atoms with Crippen LogP contribution in [0.1, 0.15) is 12.8 Å². The number of hydrogen-bond acceptors (Lipinski definition) is 1. The van der Waals surface area contributed by atoms with Gasteiger partial charge >= 0.3 is 0 Å². The molecule has 1 fully saturated rings. The van der Waals surface area contributed by atoms with E-state index in [0.717, 1.165) is 24.3 Å². The standard InChI is InChI=1S/C23H20NOS/c25-18-13-15-26(16-14-18)19-11-9-17(10-12-19)24-22-7-3-1-5-20(22)21-6-2-4-8-23(21)24/h1-12H,13-16H2/q+1. The molecular formula is C23H20NOS+. The highest BCUT2D eigenvalue weighted by atomic mass is 32.2. The van der Waals surface area contributed by atoms with E-state index in [4.69, 9.17) is 0 Å². The summed E-state index contributed by atoms with van der Waals surface area (Å²) in [7, 11) is 0.232. The van der Waals surface area contributed by atoms with Crippen LogP contribution in [-0.4, -0.2) is 21.9 Å². The fourth-order valence-corrected chi connectivity index (χ4v) is 6.07. The molecule has 2 nitrogen and oxygen atoms in total. The number of Topliss-reactive ketones (excluding diaryl/α,β-unsaturated/α-hetero) is 1. The lowest BCUT2D eigenvalue weighted by Crippen LogP contribution is -2.23. The highest BCUT2D eigenvalue weighted by molar-refractivity contribution is 7.97. The van der Waals surface area contributed by atoms with Crippen molar-refractivity contribution in [1.82, 2.24) is 4.57 Å². The quantitative estimate of drug-likeness (QED) is 0.456. The van der Waals surface area contributed by atoms with E-state index in [-0.39, 0.29) is 10.9 Å². The maximum absolute atomic E-state index is 11.5. The van der Waals surface area contributed by atoms with Crippen LogP contribution in [0.25, 0.3) is 27.5 Å². The Hall–Kier alpha value is -2.52. The molecular weight excluding hydrogens is 338 g/mol. The zero-order valence-electron chi connectivity index (χ0n) is 14.5. The third-order valence-corrected chi connectivity index (χ3v) is 7.60. The Morgan fingerprint density at radius 3 is 1.81 bits per heavy atom. The first-order chi connectivity index (χ1) is 12.8. The van der Waals surface area contributed by atoms with Gasteiger partial charge < -0.3 is 4.57 Å². The molecule has 0 radical (unpaired) electrons. The summed E-state index contributed by atoms with van der Waals surface area (Å²) in [6.07, 6.45) is 1.50. The van der Waals surface area contributed by atoms with E-state index in [1.165, 1.54) is 32.4 Å². The largest absolute Gasteiger partial charge is 0.309 e. The highest BCUT2D eigenvalue weighted by Gasteiger charge is 2.28. The summed E-state index contributed by atoms with van der Waals surface area (Å²) in [5, 5.41) is 2.58. The second-order valence-corrected chi connectivity index (χ2v) is 9.08. The van der Waals surface area contributed by atoms with Crippen molar-refractivity contribution in [2.75, 3.05) is 11.5 Å². The molecule has 1 aliphatic rings. The number of ketones is 1. The Morgan fingerprint density at radius 2 is 1.23 bits per heavy atom. The number of rotatable bonds is 2. The zero-order chi connectivity index (χ0) is 17.5. The molecule has 0 unspecified atom stereocenters. The van der Waals surface area contributed by atoms with Crippen molar-refractivity contribution in [3.63, 3.8) is 0 Å². The van der Waals surface area contributed by atoms with Crippen molar-refractivity contribution >= 4 is 38.5 Å². The van der Waals surface area contributed by atoms with Gasteiger partial charge in [-0.15, -0.1) is 0 Å². The van der Waals surface area contributed by atoms with Gasteiger partial charge in [-0.3, -0.25) is 4.79 Å². The van der Waals surface area contributed by atoms with Gasteiger partial charge in [0.05, 0.1) is 23.9 Å². The number of fused-ring (bicyclic) bond motifs is 3. The maximum atomic E-state index is 11.5. The van der Waals surface area contributed by atoms with E-state index in [1.807, 2.05) is 0 Å². The van der Waals surface area contributed by atoms with E-state index < -0.39 is 0 Å². The van der Waals surface area contributed by atoms with Crippen molar-refractivity contribution in [3.8, 4) is 5.69 Å². The molecule has 0 N–H and O–H groups in total. The van der Waals surface area contributed by atoms with Gasteiger partial charge in [0.2, 0.25) is 0 Å². The summed E-state index contributed by atoms with van der Waals surface area (Å²) in [6, 6.07) is 26.2. The first-order valence-corrected chi connectivity index (χ1v) is 10.7. The van der Waals surface area contributed by atoms with Crippen LogP contribution in [0.4, 0.5) is 0 Å². The molecule has 3 heteroatoms. The van der Waals surface area contributed by atoms with Gasteiger partial charge in [0.15, 0.2) is 4.90 Å². The van der Waals surface area contributed by atoms with Gasteiger partial charge in [-0.1, -0.05) is 36.4 Å². The van der Waals surface area contributed by atoms with Crippen LogP contribution in [0.5, 0.6) is 0 Å². The third kappa shape index (κ3) is 2.55. The van der Waals surface area contributed by atoms with Crippen molar-refractivity contribution in [2.45, 2.75) is 17.7 Å². The van der Waals surface area contributed by atoms with Crippen molar-refractivity contribution < 1.29 is 4.79 Å². The third-order valence-electron chi connectivity index (χ3n) is 5.26. The van der Waals surface area contributed by atoms with Crippen LogP contribution >= 0.6 is 0 Å². The Balaban J connectivity index is 1.60. The second kappa shape index (κ2) is 6.33.